The number of allylic oxidation sites excluding steroid dienone is 4. The number of hydrogen-bond donors (Lipinski definition) is 0. The lowest BCUT2D eigenvalue weighted by atomic mass is 9.76. The maximum atomic E-state index is 15.5. The van der Waals surface area contributed by atoms with Crippen LogP contribution in [0, 0.1) is 18.2 Å². The van der Waals surface area contributed by atoms with E-state index in [1.54, 1.807) is 6.07 Å². The monoisotopic (exact) mass is 424 g/mol. The third-order valence-electron chi connectivity index (χ3n) is 7.55. The molecule has 6 rings (SSSR count). The minimum atomic E-state index is -0.208. The first-order valence-corrected chi connectivity index (χ1v) is 11.4. The Morgan fingerprint density at radius 2 is 1.69 bits per heavy atom. The van der Waals surface area contributed by atoms with Crippen LogP contribution in [-0.4, -0.2) is 0 Å². The van der Waals surface area contributed by atoms with E-state index in [4.69, 9.17) is 4.42 Å². The molecule has 2 nitrogen and oxygen atoms in total. The normalized spacial score (nSPS) is 17.5. The van der Waals surface area contributed by atoms with Gasteiger partial charge in [-0.2, -0.15) is 0 Å². The van der Waals surface area contributed by atoms with Gasteiger partial charge >= 0.3 is 0 Å². The number of nitrogens with zero attached hydrogens (tertiary/aromatic N) is 1. The van der Waals surface area contributed by atoms with Gasteiger partial charge in [0.25, 0.3) is 0 Å². The first-order chi connectivity index (χ1) is 15.4. The van der Waals surface area contributed by atoms with E-state index in [-0.39, 0.29) is 11.2 Å². The average molecular weight is 425 g/mol. The van der Waals surface area contributed by atoms with Crippen LogP contribution >= 0.6 is 0 Å². The van der Waals surface area contributed by atoms with Gasteiger partial charge in [-0.15, -0.1) is 0 Å². The van der Waals surface area contributed by atoms with Crippen molar-refractivity contribution in [1.82, 2.24) is 0 Å². The number of rotatable bonds is 2. The van der Waals surface area contributed by atoms with Gasteiger partial charge in [-0.1, -0.05) is 37.6 Å². The van der Waals surface area contributed by atoms with E-state index >= 15 is 4.39 Å². The quantitative estimate of drug-likeness (QED) is 0.306. The van der Waals surface area contributed by atoms with Crippen molar-refractivity contribution < 1.29 is 13.4 Å². The molecule has 4 aromatic rings. The molecule has 0 saturated heterocycles. The molecule has 2 aromatic heterocycles. The lowest BCUT2D eigenvalue weighted by Crippen LogP contribution is -2.30. The van der Waals surface area contributed by atoms with Gasteiger partial charge in [0.1, 0.15) is 24.0 Å². The van der Waals surface area contributed by atoms with Gasteiger partial charge in [0, 0.05) is 28.3 Å². The molecule has 0 aliphatic heterocycles. The van der Waals surface area contributed by atoms with E-state index in [2.05, 4.69) is 49.6 Å². The summed E-state index contributed by atoms with van der Waals surface area (Å²) >= 11 is 0. The summed E-state index contributed by atoms with van der Waals surface area (Å²) in [5.74, 6) is -0.208. The summed E-state index contributed by atoms with van der Waals surface area (Å²) in [5.41, 5.74) is 9.12. The number of aromatic nitrogens is 1. The predicted octanol–water partition coefficient (Wildman–Crippen LogP) is 7.43. The summed E-state index contributed by atoms with van der Waals surface area (Å²) in [5, 5.41) is 2.00. The minimum absolute atomic E-state index is 0.176. The molecule has 3 heteroatoms. The maximum absolute atomic E-state index is 15.5. The summed E-state index contributed by atoms with van der Waals surface area (Å²) in [6.45, 7) is 6.56. The van der Waals surface area contributed by atoms with Crippen molar-refractivity contribution in [2.45, 2.75) is 40.0 Å². The highest BCUT2D eigenvalue weighted by Gasteiger charge is 2.39. The van der Waals surface area contributed by atoms with Gasteiger partial charge in [0.05, 0.1) is 11.1 Å². The third-order valence-corrected chi connectivity index (χ3v) is 7.55. The zero-order valence-electron chi connectivity index (χ0n) is 19.1. The Morgan fingerprint density at radius 1 is 0.938 bits per heavy atom. The van der Waals surface area contributed by atoms with Crippen LogP contribution < -0.4 is 4.57 Å². The van der Waals surface area contributed by atoms with Gasteiger partial charge in [0.2, 0.25) is 5.69 Å². The summed E-state index contributed by atoms with van der Waals surface area (Å²) < 4.78 is 24.2. The molecule has 2 aliphatic carbocycles. The Bertz CT molecular complexity index is 1500. The van der Waals surface area contributed by atoms with Gasteiger partial charge in [-0.05, 0) is 61.1 Å². The lowest BCUT2D eigenvalue weighted by molar-refractivity contribution is -0.660. The van der Waals surface area contributed by atoms with E-state index in [0.29, 0.717) is 11.1 Å². The molecule has 2 aliphatic rings. The van der Waals surface area contributed by atoms with Crippen molar-refractivity contribution in [3.05, 3.63) is 82.8 Å². The van der Waals surface area contributed by atoms with E-state index in [1.165, 1.54) is 17.6 Å². The molecule has 0 atom stereocenters. The molecule has 0 spiro atoms. The zero-order chi connectivity index (χ0) is 22.2. The van der Waals surface area contributed by atoms with Crippen LogP contribution in [0.25, 0.3) is 38.8 Å². The smallest absolute Gasteiger partial charge is 0.216 e. The van der Waals surface area contributed by atoms with E-state index in [0.717, 1.165) is 51.6 Å². The maximum Gasteiger partial charge on any atom is 0.216 e. The summed E-state index contributed by atoms with van der Waals surface area (Å²) in [6, 6.07) is 13.9. The molecule has 0 bridgehead atoms. The molecular formula is C29H27FNO+. The van der Waals surface area contributed by atoms with Gasteiger partial charge in [0.15, 0.2) is 6.20 Å². The molecule has 0 amide bonds. The van der Waals surface area contributed by atoms with Crippen molar-refractivity contribution >= 4 is 27.5 Å². The lowest BCUT2D eigenvalue weighted by Gasteiger charge is -2.27. The minimum Gasteiger partial charge on any atom is -0.454 e. The van der Waals surface area contributed by atoms with E-state index < -0.39 is 0 Å². The fourth-order valence-corrected chi connectivity index (χ4v) is 5.87. The second kappa shape index (κ2) is 6.65. The Hall–Kier alpha value is -3.20. The Kier molecular flexibility index (Phi) is 4.05. The van der Waals surface area contributed by atoms with Crippen molar-refractivity contribution in [2.75, 3.05) is 0 Å². The van der Waals surface area contributed by atoms with Gasteiger partial charge < -0.3 is 4.42 Å². The number of pyridine rings is 1. The second-order valence-electron chi connectivity index (χ2n) is 9.77. The molecule has 0 fully saturated rings. The number of halogens is 1. The highest BCUT2D eigenvalue weighted by Crippen LogP contribution is 2.55. The topological polar surface area (TPSA) is 17.0 Å². The highest BCUT2D eigenvalue weighted by atomic mass is 19.1. The standard InChI is InChI=1S/C29H27FNO/c1-17-11-12-19-20-13-14-23(30)26(22-16-18-8-7-9-21(18)29(22,2)3)28(20)32-27(19)25(17)24-10-5-6-15-31(24)4/h5-6,10-16H,7-9H2,1-4H3/q+1. The van der Waals surface area contributed by atoms with Crippen LogP contribution in [0.2, 0.25) is 0 Å². The molecule has 0 saturated carbocycles. The molecule has 0 radical (unpaired) electrons. The molecule has 2 heterocycles. The molecule has 160 valence electrons. The summed E-state index contributed by atoms with van der Waals surface area (Å²) in [6.07, 6.45) is 7.67. The van der Waals surface area contributed by atoms with Gasteiger partial charge in [-0.3, -0.25) is 0 Å². The number of fused-ring (bicyclic) bond motifs is 3. The first-order valence-electron chi connectivity index (χ1n) is 11.4. The summed E-state index contributed by atoms with van der Waals surface area (Å²) in [4.78, 5) is 0. The van der Waals surface area contributed by atoms with Crippen molar-refractivity contribution in [3.63, 3.8) is 0 Å². The second-order valence-corrected chi connectivity index (χ2v) is 9.77. The van der Waals surface area contributed by atoms with Crippen LogP contribution in [-0.2, 0) is 7.05 Å². The number of aryl methyl sites for hydroxylation is 2. The van der Waals surface area contributed by atoms with Crippen LogP contribution in [0.5, 0.6) is 0 Å². The molecular weight excluding hydrogens is 397 g/mol. The van der Waals surface area contributed by atoms with Crippen molar-refractivity contribution in [1.29, 1.82) is 0 Å². The van der Waals surface area contributed by atoms with Crippen molar-refractivity contribution in [3.8, 4) is 11.3 Å². The first kappa shape index (κ1) is 19.5. The third kappa shape index (κ3) is 2.54. The molecule has 32 heavy (non-hydrogen) atoms. The Balaban J connectivity index is 1.67. The molecule has 2 aromatic carbocycles. The van der Waals surface area contributed by atoms with Crippen LogP contribution in [0.3, 0.4) is 0 Å². The Morgan fingerprint density at radius 3 is 2.44 bits per heavy atom. The van der Waals surface area contributed by atoms with E-state index in [1.807, 2.05) is 31.4 Å². The SMILES string of the molecule is Cc1ccc2c(oc3c(C4=CC5=C(CCC5)C4(C)C)c(F)ccc32)c1-c1cccc[n+]1C. The fraction of sp³-hybridized carbons (Fsp3) is 0.276. The largest absolute Gasteiger partial charge is 0.454 e. The average Bonchev–Trinajstić information content (AvgIpc) is 3.43. The van der Waals surface area contributed by atoms with E-state index in [9.17, 15) is 0 Å². The highest BCUT2D eigenvalue weighted by molar-refractivity contribution is 6.12. The number of hydrogen-bond acceptors (Lipinski definition) is 1. The van der Waals surface area contributed by atoms with Crippen LogP contribution in [0.1, 0.15) is 44.2 Å². The number of furan rings is 1. The fourth-order valence-electron chi connectivity index (χ4n) is 5.87. The number of benzene rings is 2. The zero-order valence-corrected chi connectivity index (χ0v) is 19.1. The predicted molar refractivity (Wildman–Crippen MR) is 128 cm³/mol. The molecule has 0 N–H and O–H groups in total. The van der Waals surface area contributed by atoms with Crippen LogP contribution in [0.4, 0.5) is 4.39 Å². The van der Waals surface area contributed by atoms with Gasteiger partial charge in [-0.25, -0.2) is 8.96 Å². The summed E-state index contributed by atoms with van der Waals surface area (Å²) in [7, 11) is 2.04. The van der Waals surface area contributed by atoms with Crippen LogP contribution in [0.15, 0.2) is 70.3 Å². The Labute approximate surface area is 187 Å². The van der Waals surface area contributed by atoms with Crippen molar-refractivity contribution in [2.24, 2.45) is 12.5 Å². The molecule has 0 unspecified atom stereocenters.